The minimum atomic E-state index is -0.976. The van der Waals surface area contributed by atoms with Crippen molar-refractivity contribution in [3.8, 4) is 5.75 Å². The first-order valence-electron chi connectivity index (χ1n) is 5.84. The van der Waals surface area contributed by atoms with Gasteiger partial charge in [-0.25, -0.2) is 4.79 Å². The molecule has 0 fully saturated rings. The summed E-state index contributed by atoms with van der Waals surface area (Å²) in [6.07, 6.45) is -0.531. The predicted octanol–water partition coefficient (Wildman–Crippen LogP) is 1.44. The molecule has 18 heavy (non-hydrogen) atoms. The second-order valence-corrected chi connectivity index (χ2v) is 3.72. The number of ether oxygens (including phenoxy) is 2. The van der Waals surface area contributed by atoms with E-state index >= 15 is 0 Å². The second kappa shape index (κ2) is 7.68. The predicted molar refractivity (Wildman–Crippen MR) is 65.5 cm³/mol. The molecule has 0 amide bonds. The van der Waals surface area contributed by atoms with Gasteiger partial charge in [-0.05, 0) is 24.6 Å². The number of rotatable bonds is 8. The molecule has 5 nitrogen and oxygen atoms in total. The average molecular weight is 254 g/mol. The first kappa shape index (κ1) is 14.5. The van der Waals surface area contributed by atoms with Crippen molar-refractivity contribution < 1.29 is 24.5 Å². The third-order valence-electron chi connectivity index (χ3n) is 2.40. The van der Waals surface area contributed by atoms with Crippen LogP contribution in [0, 0.1) is 0 Å². The molecule has 0 aliphatic rings. The maximum Gasteiger partial charge on any atom is 0.332 e. The number of carboxylic acid groups (broad SMARTS) is 1. The zero-order chi connectivity index (χ0) is 13.4. The van der Waals surface area contributed by atoms with Crippen molar-refractivity contribution in [3.63, 3.8) is 0 Å². The zero-order valence-corrected chi connectivity index (χ0v) is 10.3. The van der Waals surface area contributed by atoms with Gasteiger partial charge in [-0.3, -0.25) is 0 Å². The SMILES string of the molecule is CCOC(CCOc1ccc(CO)cc1)C(=O)O. The van der Waals surface area contributed by atoms with Crippen LogP contribution in [-0.4, -0.2) is 35.5 Å². The number of hydrogen-bond acceptors (Lipinski definition) is 4. The van der Waals surface area contributed by atoms with Crippen molar-refractivity contribution in [2.75, 3.05) is 13.2 Å². The van der Waals surface area contributed by atoms with Crippen LogP contribution in [0.4, 0.5) is 0 Å². The highest BCUT2D eigenvalue weighted by Gasteiger charge is 2.16. The topological polar surface area (TPSA) is 76.0 Å². The highest BCUT2D eigenvalue weighted by Crippen LogP contribution is 2.13. The Hall–Kier alpha value is -1.59. The first-order chi connectivity index (χ1) is 8.67. The summed E-state index contributed by atoms with van der Waals surface area (Å²) in [7, 11) is 0. The summed E-state index contributed by atoms with van der Waals surface area (Å²) >= 11 is 0. The zero-order valence-electron chi connectivity index (χ0n) is 10.3. The molecule has 100 valence electrons. The summed E-state index contributed by atoms with van der Waals surface area (Å²) in [6, 6.07) is 6.99. The largest absolute Gasteiger partial charge is 0.493 e. The summed E-state index contributed by atoms with van der Waals surface area (Å²) < 4.78 is 10.5. The van der Waals surface area contributed by atoms with Crippen molar-refractivity contribution in [1.29, 1.82) is 0 Å². The van der Waals surface area contributed by atoms with Gasteiger partial charge >= 0.3 is 5.97 Å². The van der Waals surface area contributed by atoms with Crippen LogP contribution in [-0.2, 0) is 16.1 Å². The summed E-state index contributed by atoms with van der Waals surface area (Å²) in [5, 5.41) is 17.7. The summed E-state index contributed by atoms with van der Waals surface area (Å²) in [5.74, 6) is -0.330. The van der Waals surface area contributed by atoms with Crippen molar-refractivity contribution in [2.45, 2.75) is 26.1 Å². The van der Waals surface area contributed by atoms with Crippen LogP contribution in [0.1, 0.15) is 18.9 Å². The molecular weight excluding hydrogens is 236 g/mol. The highest BCUT2D eigenvalue weighted by atomic mass is 16.5. The van der Waals surface area contributed by atoms with E-state index in [4.69, 9.17) is 19.7 Å². The fourth-order valence-corrected chi connectivity index (χ4v) is 1.45. The van der Waals surface area contributed by atoms with Crippen molar-refractivity contribution in [1.82, 2.24) is 0 Å². The molecule has 0 bridgehead atoms. The van der Waals surface area contributed by atoms with Gasteiger partial charge < -0.3 is 19.7 Å². The van der Waals surface area contributed by atoms with Crippen LogP contribution in [0.15, 0.2) is 24.3 Å². The molecule has 0 aliphatic heterocycles. The van der Waals surface area contributed by atoms with Gasteiger partial charge in [0.15, 0.2) is 6.10 Å². The Morgan fingerprint density at radius 2 is 2.00 bits per heavy atom. The van der Waals surface area contributed by atoms with Crippen molar-refractivity contribution in [2.24, 2.45) is 0 Å². The molecule has 1 aromatic carbocycles. The second-order valence-electron chi connectivity index (χ2n) is 3.72. The third-order valence-corrected chi connectivity index (χ3v) is 2.40. The number of carboxylic acids is 1. The van der Waals surface area contributed by atoms with Crippen LogP contribution in [0.3, 0.4) is 0 Å². The van der Waals surface area contributed by atoms with E-state index in [9.17, 15) is 4.79 Å². The van der Waals surface area contributed by atoms with Crippen LogP contribution in [0.25, 0.3) is 0 Å². The molecule has 1 rings (SSSR count). The molecule has 0 heterocycles. The van der Waals surface area contributed by atoms with Gasteiger partial charge in [0.05, 0.1) is 13.2 Å². The van der Waals surface area contributed by atoms with E-state index in [1.807, 2.05) is 0 Å². The van der Waals surface area contributed by atoms with Gasteiger partial charge in [-0.15, -0.1) is 0 Å². The Morgan fingerprint density at radius 3 is 2.50 bits per heavy atom. The maximum atomic E-state index is 10.8. The summed E-state index contributed by atoms with van der Waals surface area (Å²) in [6.45, 7) is 2.38. The van der Waals surface area contributed by atoms with Crippen molar-refractivity contribution >= 4 is 5.97 Å². The lowest BCUT2D eigenvalue weighted by atomic mass is 10.2. The van der Waals surface area contributed by atoms with E-state index < -0.39 is 12.1 Å². The standard InChI is InChI=1S/C13H18O5/c1-2-17-12(13(15)16)7-8-18-11-5-3-10(9-14)4-6-11/h3-6,12,14H,2,7-9H2,1H3,(H,15,16). The Morgan fingerprint density at radius 1 is 1.33 bits per heavy atom. The molecule has 0 aliphatic carbocycles. The molecule has 1 unspecified atom stereocenters. The molecule has 0 spiro atoms. The number of aliphatic hydroxyl groups is 1. The van der Waals surface area contributed by atoms with Gasteiger partial charge in [0.25, 0.3) is 0 Å². The lowest BCUT2D eigenvalue weighted by Gasteiger charge is -2.13. The minimum Gasteiger partial charge on any atom is -0.493 e. The monoisotopic (exact) mass is 254 g/mol. The van der Waals surface area contributed by atoms with E-state index in [1.54, 1.807) is 31.2 Å². The molecule has 0 radical (unpaired) electrons. The molecular formula is C13H18O5. The quantitative estimate of drug-likeness (QED) is 0.734. The van der Waals surface area contributed by atoms with Gasteiger partial charge in [-0.2, -0.15) is 0 Å². The van der Waals surface area contributed by atoms with E-state index in [1.165, 1.54) is 0 Å². The normalized spacial score (nSPS) is 12.1. The molecule has 0 saturated heterocycles. The molecule has 1 aromatic rings. The Labute approximate surface area is 106 Å². The van der Waals surface area contributed by atoms with E-state index in [-0.39, 0.29) is 13.2 Å². The summed E-state index contributed by atoms with van der Waals surface area (Å²) in [5.41, 5.74) is 0.806. The molecule has 5 heteroatoms. The molecule has 1 atom stereocenters. The Bertz CT molecular complexity index is 360. The Kier molecular flexibility index (Phi) is 6.18. The lowest BCUT2D eigenvalue weighted by molar-refractivity contribution is -0.150. The average Bonchev–Trinajstić information content (AvgIpc) is 2.38. The van der Waals surface area contributed by atoms with Crippen LogP contribution < -0.4 is 4.74 Å². The molecule has 2 N–H and O–H groups in total. The maximum absolute atomic E-state index is 10.8. The van der Waals surface area contributed by atoms with Gasteiger partial charge in [0.2, 0.25) is 0 Å². The number of hydrogen-bond donors (Lipinski definition) is 2. The lowest BCUT2D eigenvalue weighted by Crippen LogP contribution is -2.26. The third kappa shape index (κ3) is 4.73. The minimum absolute atomic E-state index is 0.00823. The Balaban J connectivity index is 2.37. The number of aliphatic hydroxyl groups excluding tert-OH is 1. The smallest absolute Gasteiger partial charge is 0.332 e. The number of carbonyl (C=O) groups is 1. The first-order valence-corrected chi connectivity index (χ1v) is 5.84. The summed E-state index contributed by atoms with van der Waals surface area (Å²) in [4.78, 5) is 10.8. The number of benzene rings is 1. The van der Waals surface area contributed by atoms with Gasteiger partial charge in [-0.1, -0.05) is 12.1 Å². The molecule has 0 aromatic heterocycles. The highest BCUT2D eigenvalue weighted by molar-refractivity contribution is 5.72. The van der Waals surface area contributed by atoms with Gasteiger partial charge in [0.1, 0.15) is 5.75 Å². The fourth-order valence-electron chi connectivity index (χ4n) is 1.45. The van der Waals surface area contributed by atoms with E-state index in [2.05, 4.69) is 0 Å². The van der Waals surface area contributed by atoms with Crippen LogP contribution in [0.2, 0.25) is 0 Å². The van der Waals surface area contributed by atoms with E-state index in [0.29, 0.717) is 18.8 Å². The number of aliphatic carboxylic acids is 1. The van der Waals surface area contributed by atoms with Crippen LogP contribution in [0.5, 0.6) is 5.75 Å². The van der Waals surface area contributed by atoms with Crippen LogP contribution >= 0.6 is 0 Å². The van der Waals surface area contributed by atoms with E-state index in [0.717, 1.165) is 5.56 Å². The van der Waals surface area contributed by atoms with Gasteiger partial charge in [0, 0.05) is 13.0 Å². The fraction of sp³-hybridized carbons (Fsp3) is 0.462. The van der Waals surface area contributed by atoms with Crippen molar-refractivity contribution in [3.05, 3.63) is 29.8 Å². The molecule has 0 saturated carbocycles.